The molecule has 0 aliphatic rings. The zero-order valence-electron chi connectivity index (χ0n) is 17.6. The first-order chi connectivity index (χ1) is 13.1. The Morgan fingerprint density at radius 2 is 1.74 bits per heavy atom. The van der Waals surface area contributed by atoms with Gasteiger partial charge in [-0.1, -0.05) is 26.7 Å². The summed E-state index contributed by atoms with van der Waals surface area (Å²) in [7, 11) is 3.39. The molecule has 0 amide bonds. The van der Waals surface area contributed by atoms with E-state index in [1.807, 2.05) is 25.1 Å². The van der Waals surface area contributed by atoms with E-state index >= 15 is 0 Å². The third-order valence-electron chi connectivity index (χ3n) is 5.07. The monoisotopic (exact) mass is 373 g/mol. The summed E-state index contributed by atoms with van der Waals surface area (Å²) in [6, 6.07) is 6.05. The molecule has 0 bridgehead atoms. The maximum Gasteiger partial charge on any atom is 0.168 e. The summed E-state index contributed by atoms with van der Waals surface area (Å²) in [4.78, 5) is 7.15. The standard InChI is InChI=1S/C22H35N3O2/c1-6-25(7-2)15-11-9-8-10-14-23-19-16-20(26-4)18-13-12-17(3)24-21(18)22(19)27-5/h12-13,16,23H,6-11,14-15H2,1-5H3. The number of rotatable bonds is 12. The number of hydrogen-bond donors (Lipinski definition) is 1. The van der Waals surface area contributed by atoms with Crippen LogP contribution in [0.15, 0.2) is 18.2 Å². The minimum Gasteiger partial charge on any atom is -0.496 e. The molecule has 1 aromatic carbocycles. The first-order valence-corrected chi connectivity index (χ1v) is 10.1. The molecule has 5 nitrogen and oxygen atoms in total. The van der Waals surface area contributed by atoms with Crippen LogP contribution in [0, 0.1) is 6.92 Å². The van der Waals surface area contributed by atoms with E-state index in [0.29, 0.717) is 0 Å². The maximum absolute atomic E-state index is 5.67. The number of aryl methyl sites for hydroxylation is 1. The Morgan fingerprint density at radius 3 is 2.41 bits per heavy atom. The Labute approximate surface area is 164 Å². The molecule has 0 spiro atoms. The molecule has 0 atom stereocenters. The van der Waals surface area contributed by atoms with Crippen molar-refractivity contribution in [2.75, 3.05) is 45.7 Å². The molecule has 1 N–H and O–H groups in total. The number of hydrogen-bond acceptors (Lipinski definition) is 5. The summed E-state index contributed by atoms with van der Waals surface area (Å²) in [6.07, 6.45) is 4.93. The third-order valence-corrected chi connectivity index (χ3v) is 5.07. The average molecular weight is 374 g/mol. The van der Waals surface area contributed by atoms with Crippen molar-refractivity contribution in [2.45, 2.75) is 46.5 Å². The largest absolute Gasteiger partial charge is 0.496 e. The lowest BCUT2D eigenvalue weighted by atomic mass is 10.1. The Bertz CT molecular complexity index is 714. The van der Waals surface area contributed by atoms with Crippen molar-refractivity contribution in [3.05, 3.63) is 23.9 Å². The fraction of sp³-hybridized carbons (Fsp3) is 0.591. The van der Waals surface area contributed by atoms with Gasteiger partial charge in [0.15, 0.2) is 5.75 Å². The first-order valence-electron chi connectivity index (χ1n) is 10.1. The lowest BCUT2D eigenvalue weighted by Crippen LogP contribution is -2.23. The average Bonchev–Trinajstić information content (AvgIpc) is 2.69. The summed E-state index contributed by atoms with van der Waals surface area (Å²) in [5.41, 5.74) is 2.76. The third kappa shape index (κ3) is 5.73. The van der Waals surface area contributed by atoms with Crippen LogP contribution in [0.25, 0.3) is 10.9 Å². The fourth-order valence-electron chi connectivity index (χ4n) is 3.41. The molecule has 2 aromatic rings. The van der Waals surface area contributed by atoms with Gasteiger partial charge in [0, 0.05) is 23.7 Å². The number of pyridine rings is 1. The van der Waals surface area contributed by atoms with E-state index in [9.17, 15) is 0 Å². The van der Waals surface area contributed by atoms with E-state index in [4.69, 9.17) is 9.47 Å². The summed E-state index contributed by atoms with van der Waals surface area (Å²) in [5, 5.41) is 4.49. The van der Waals surface area contributed by atoms with Crippen LogP contribution >= 0.6 is 0 Å². The van der Waals surface area contributed by atoms with E-state index < -0.39 is 0 Å². The Hall–Kier alpha value is -2.01. The van der Waals surface area contributed by atoms with E-state index in [1.54, 1.807) is 14.2 Å². The lowest BCUT2D eigenvalue weighted by Gasteiger charge is -2.17. The Balaban J connectivity index is 1.94. The Morgan fingerprint density at radius 1 is 1.00 bits per heavy atom. The molecular weight excluding hydrogens is 338 g/mol. The van der Waals surface area contributed by atoms with Crippen LogP contribution in [-0.2, 0) is 0 Å². The van der Waals surface area contributed by atoms with Crippen LogP contribution in [0.5, 0.6) is 11.5 Å². The zero-order chi connectivity index (χ0) is 19.6. The molecule has 0 fully saturated rings. The summed E-state index contributed by atoms with van der Waals surface area (Å²) in [5.74, 6) is 1.61. The number of ether oxygens (including phenoxy) is 2. The Kier molecular flexibility index (Phi) is 8.65. The number of anilines is 1. The second kappa shape index (κ2) is 11.0. The minimum atomic E-state index is 0.788. The number of methoxy groups -OCH3 is 2. The van der Waals surface area contributed by atoms with Crippen molar-refractivity contribution in [1.29, 1.82) is 0 Å². The number of unbranched alkanes of at least 4 members (excludes halogenated alkanes) is 3. The maximum atomic E-state index is 5.67. The summed E-state index contributed by atoms with van der Waals surface area (Å²) >= 11 is 0. The molecule has 1 heterocycles. The van der Waals surface area contributed by atoms with Gasteiger partial charge in [-0.2, -0.15) is 0 Å². The van der Waals surface area contributed by atoms with Crippen LogP contribution in [0.4, 0.5) is 5.69 Å². The number of benzene rings is 1. The molecule has 1 aromatic heterocycles. The van der Waals surface area contributed by atoms with E-state index in [-0.39, 0.29) is 0 Å². The predicted octanol–water partition coefficient (Wildman–Crippen LogP) is 4.87. The van der Waals surface area contributed by atoms with Gasteiger partial charge in [-0.3, -0.25) is 0 Å². The van der Waals surface area contributed by atoms with Gasteiger partial charge < -0.3 is 19.7 Å². The fourth-order valence-corrected chi connectivity index (χ4v) is 3.41. The molecule has 27 heavy (non-hydrogen) atoms. The SMILES string of the molecule is CCN(CC)CCCCCCNc1cc(OC)c2ccc(C)nc2c1OC. The van der Waals surface area contributed by atoms with Gasteiger partial charge in [0.05, 0.1) is 19.9 Å². The highest BCUT2D eigenvalue weighted by Crippen LogP contribution is 2.39. The highest BCUT2D eigenvalue weighted by atomic mass is 16.5. The second-order valence-electron chi connectivity index (χ2n) is 6.88. The number of aromatic nitrogens is 1. The quantitative estimate of drug-likeness (QED) is 0.538. The van der Waals surface area contributed by atoms with E-state index in [2.05, 4.69) is 29.0 Å². The van der Waals surface area contributed by atoms with Gasteiger partial charge >= 0.3 is 0 Å². The lowest BCUT2D eigenvalue weighted by molar-refractivity contribution is 0.295. The molecule has 0 unspecified atom stereocenters. The molecule has 0 aliphatic carbocycles. The number of fused-ring (bicyclic) bond motifs is 1. The normalized spacial score (nSPS) is 11.2. The summed E-state index contributed by atoms with van der Waals surface area (Å²) < 4.78 is 11.2. The van der Waals surface area contributed by atoms with Gasteiger partial charge in [-0.15, -0.1) is 0 Å². The van der Waals surface area contributed by atoms with E-state index in [1.165, 1.54) is 25.8 Å². The van der Waals surface area contributed by atoms with Crippen molar-refractivity contribution >= 4 is 16.6 Å². The highest BCUT2D eigenvalue weighted by Gasteiger charge is 2.14. The van der Waals surface area contributed by atoms with Crippen LogP contribution in [0.3, 0.4) is 0 Å². The second-order valence-corrected chi connectivity index (χ2v) is 6.88. The zero-order valence-corrected chi connectivity index (χ0v) is 17.6. The van der Waals surface area contributed by atoms with Crippen molar-refractivity contribution in [2.24, 2.45) is 0 Å². The van der Waals surface area contributed by atoms with Gasteiger partial charge in [0.2, 0.25) is 0 Å². The van der Waals surface area contributed by atoms with Crippen LogP contribution in [0.1, 0.15) is 45.2 Å². The minimum absolute atomic E-state index is 0.788. The summed E-state index contributed by atoms with van der Waals surface area (Å²) in [6.45, 7) is 10.9. The number of nitrogens with one attached hydrogen (secondary N) is 1. The van der Waals surface area contributed by atoms with Crippen molar-refractivity contribution in [3.63, 3.8) is 0 Å². The topological polar surface area (TPSA) is 46.6 Å². The molecule has 0 radical (unpaired) electrons. The molecule has 5 heteroatoms. The van der Waals surface area contributed by atoms with E-state index in [0.717, 1.165) is 59.8 Å². The molecule has 2 rings (SSSR count). The van der Waals surface area contributed by atoms with Crippen molar-refractivity contribution in [3.8, 4) is 11.5 Å². The molecular formula is C22H35N3O2. The van der Waals surface area contributed by atoms with Crippen molar-refractivity contribution < 1.29 is 9.47 Å². The first kappa shape index (κ1) is 21.3. The number of nitrogens with zero attached hydrogens (tertiary/aromatic N) is 2. The molecule has 0 saturated heterocycles. The van der Waals surface area contributed by atoms with Crippen LogP contribution in [-0.4, -0.2) is 50.3 Å². The van der Waals surface area contributed by atoms with Gasteiger partial charge in [0.25, 0.3) is 0 Å². The van der Waals surface area contributed by atoms with Gasteiger partial charge in [-0.25, -0.2) is 4.98 Å². The molecule has 150 valence electrons. The van der Waals surface area contributed by atoms with Gasteiger partial charge in [0.1, 0.15) is 11.3 Å². The molecule has 0 aliphatic heterocycles. The highest BCUT2D eigenvalue weighted by molar-refractivity contribution is 5.95. The van der Waals surface area contributed by atoms with Gasteiger partial charge in [-0.05, 0) is 51.5 Å². The van der Waals surface area contributed by atoms with Crippen molar-refractivity contribution in [1.82, 2.24) is 9.88 Å². The molecule has 0 saturated carbocycles. The smallest absolute Gasteiger partial charge is 0.168 e. The van der Waals surface area contributed by atoms with Crippen LogP contribution < -0.4 is 14.8 Å². The van der Waals surface area contributed by atoms with Crippen LogP contribution in [0.2, 0.25) is 0 Å². The predicted molar refractivity (Wildman–Crippen MR) is 114 cm³/mol.